The van der Waals surface area contributed by atoms with Crippen LogP contribution in [0, 0.1) is 0 Å². The lowest BCUT2D eigenvalue weighted by atomic mass is 10.1. The highest BCUT2D eigenvalue weighted by atomic mass is 16.5. The average molecular weight is 208 g/mol. The van der Waals surface area contributed by atoms with Gasteiger partial charge in [-0.25, -0.2) is 0 Å². The fourth-order valence-electron chi connectivity index (χ4n) is 1.65. The maximum absolute atomic E-state index is 5.71. The molecular weight excluding hydrogens is 188 g/mol. The topological polar surface area (TPSA) is 38.5 Å². The first kappa shape index (κ1) is 11.9. The first-order valence-electron chi connectivity index (χ1n) is 5.31. The third-order valence-corrected chi connectivity index (χ3v) is 2.48. The Labute approximate surface area is 91.8 Å². The molecule has 1 aromatic carbocycles. The van der Waals surface area contributed by atoms with Crippen LogP contribution in [-0.2, 0) is 6.54 Å². The van der Waals surface area contributed by atoms with Gasteiger partial charge in [0.1, 0.15) is 5.75 Å². The Morgan fingerprint density at radius 1 is 1.40 bits per heavy atom. The number of ether oxygens (including phenoxy) is 1. The van der Waals surface area contributed by atoms with Gasteiger partial charge in [0.2, 0.25) is 0 Å². The molecule has 0 bridgehead atoms. The SMILES string of the molecule is CCCN(C)c1cc(OC)ccc1CN. The van der Waals surface area contributed by atoms with Crippen LogP contribution in [-0.4, -0.2) is 20.7 Å². The van der Waals surface area contributed by atoms with Crippen molar-refractivity contribution in [3.8, 4) is 5.75 Å². The lowest BCUT2D eigenvalue weighted by Gasteiger charge is -2.22. The fourth-order valence-corrected chi connectivity index (χ4v) is 1.65. The largest absolute Gasteiger partial charge is 0.497 e. The van der Waals surface area contributed by atoms with Crippen LogP contribution in [0.1, 0.15) is 18.9 Å². The maximum atomic E-state index is 5.71. The molecule has 0 aliphatic carbocycles. The van der Waals surface area contributed by atoms with E-state index in [4.69, 9.17) is 10.5 Å². The molecule has 2 N–H and O–H groups in total. The summed E-state index contributed by atoms with van der Waals surface area (Å²) in [7, 11) is 3.76. The molecule has 0 fully saturated rings. The lowest BCUT2D eigenvalue weighted by Crippen LogP contribution is -2.20. The van der Waals surface area contributed by atoms with Crippen molar-refractivity contribution in [2.45, 2.75) is 19.9 Å². The highest BCUT2D eigenvalue weighted by molar-refractivity contribution is 5.56. The third-order valence-electron chi connectivity index (χ3n) is 2.48. The Hall–Kier alpha value is -1.22. The molecule has 0 amide bonds. The molecule has 3 heteroatoms. The minimum absolute atomic E-state index is 0.563. The number of anilines is 1. The molecule has 3 nitrogen and oxygen atoms in total. The number of hydrogen-bond acceptors (Lipinski definition) is 3. The first-order valence-corrected chi connectivity index (χ1v) is 5.31. The van der Waals surface area contributed by atoms with Gasteiger partial charge in [-0.05, 0) is 18.1 Å². The Kier molecular flexibility index (Phi) is 4.43. The Bertz CT molecular complexity index is 312. The van der Waals surface area contributed by atoms with Crippen LogP contribution in [0.5, 0.6) is 5.75 Å². The monoisotopic (exact) mass is 208 g/mol. The molecular formula is C12H20N2O. The molecule has 0 aliphatic heterocycles. The summed E-state index contributed by atoms with van der Waals surface area (Å²) in [6.45, 7) is 3.76. The predicted octanol–water partition coefficient (Wildman–Crippen LogP) is 2.00. The van der Waals surface area contributed by atoms with Crippen molar-refractivity contribution in [2.75, 3.05) is 25.6 Å². The summed E-state index contributed by atoms with van der Waals surface area (Å²) in [5, 5.41) is 0. The summed E-state index contributed by atoms with van der Waals surface area (Å²) in [4.78, 5) is 2.21. The summed E-state index contributed by atoms with van der Waals surface area (Å²) in [6, 6.07) is 6.02. The number of nitrogens with two attached hydrogens (primary N) is 1. The van der Waals surface area contributed by atoms with Gasteiger partial charge in [0.05, 0.1) is 7.11 Å². The highest BCUT2D eigenvalue weighted by Gasteiger charge is 2.07. The van der Waals surface area contributed by atoms with Gasteiger partial charge in [-0.3, -0.25) is 0 Å². The van der Waals surface area contributed by atoms with Gasteiger partial charge in [-0.2, -0.15) is 0 Å². The zero-order chi connectivity index (χ0) is 11.3. The number of rotatable bonds is 5. The standard InChI is InChI=1S/C12H20N2O/c1-4-7-14(2)12-8-11(15-3)6-5-10(12)9-13/h5-6,8H,4,7,9,13H2,1-3H3. The van der Waals surface area contributed by atoms with E-state index in [9.17, 15) is 0 Å². The summed E-state index contributed by atoms with van der Waals surface area (Å²) in [6.07, 6.45) is 1.12. The second-order valence-corrected chi connectivity index (χ2v) is 3.62. The van der Waals surface area contributed by atoms with E-state index < -0.39 is 0 Å². The van der Waals surface area contributed by atoms with E-state index in [1.807, 2.05) is 18.2 Å². The van der Waals surface area contributed by atoms with Gasteiger partial charge in [-0.15, -0.1) is 0 Å². The van der Waals surface area contributed by atoms with Crippen molar-refractivity contribution in [1.82, 2.24) is 0 Å². The minimum atomic E-state index is 0.563. The van der Waals surface area contributed by atoms with E-state index in [1.54, 1.807) is 7.11 Å². The molecule has 1 rings (SSSR count). The van der Waals surface area contributed by atoms with E-state index in [0.717, 1.165) is 24.3 Å². The van der Waals surface area contributed by atoms with Gasteiger partial charge < -0.3 is 15.4 Å². The third kappa shape index (κ3) is 2.86. The summed E-state index contributed by atoms with van der Waals surface area (Å²) in [5.41, 5.74) is 8.03. The van der Waals surface area contributed by atoms with Gasteiger partial charge in [0, 0.05) is 31.9 Å². The Morgan fingerprint density at radius 3 is 2.67 bits per heavy atom. The fraction of sp³-hybridized carbons (Fsp3) is 0.500. The van der Waals surface area contributed by atoms with Gasteiger partial charge in [0.25, 0.3) is 0 Å². The van der Waals surface area contributed by atoms with Crippen molar-refractivity contribution < 1.29 is 4.74 Å². The second-order valence-electron chi connectivity index (χ2n) is 3.62. The number of benzene rings is 1. The highest BCUT2D eigenvalue weighted by Crippen LogP contribution is 2.25. The molecule has 15 heavy (non-hydrogen) atoms. The van der Waals surface area contributed by atoms with Crippen LogP contribution >= 0.6 is 0 Å². The summed E-state index contributed by atoms with van der Waals surface area (Å²) < 4.78 is 5.22. The second kappa shape index (κ2) is 5.61. The zero-order valence-electron chi connectivity index (χ0n) is 9.79. The molecule has 84 valence electrons. The minimum Gasteiger partial charge on any atom is -0.497 e. The molecule has 0 unspecified atom stereocenters. The molecule has 0 radical (unpaired) electrons. The van der Waals surface area contributed by atoms with E-state index >= 15 is 0 Å². The van der Waals surface area contributed by atoms with E-state index in [0.29, 0.717) is 6.54 Å². The number of methoxy groups -OCH3 is 1. The average Bonchev–Trinajstić information content (AvgIpc) is 2.28. The molecule has 0 spiro atoms. The molecule has 0 aromatic heterocycles. The first-order chi connectivity index (χ1) is 7.22. The normalized spacial score (nSPS) is 10.1. The maximum Gasteiger partial charge on any atom is 0.120 e. The lowest BCUT2D eigenvalue weighted by molar-refractivity contribution is 0.414. The summed E-state index contributed by atoms with van der Waals surface area (Å²) in [5.74, 6) is 0.880. The van der Waals surface area contributed by atoms with Crippen LogP contribution in [0.3, 0.4) is 0 Å². The van der Waals surface area contributed by atoms with Crippen LogP contribution in [0.15, 0.2) is 18.2 Å². The van der Waals surface area contributed by atoms with E-state index in [2.05, 4.69) is 18.9 Å². The number of nitrogens with zero attached hydrogens (tertiary/aromatic N) is 1. The zero-order valence-corrected chi connectivity index (χ0v) is 9.79. The summed E-state index contributed by atoms with van der Waals surface area (Å²) >= 11 is 0. The molecule has 0 saturated carbocycles. The van der Waals surface area contributed by atoms with Crippen molar-refractivity contribution in [3.05, 3.63) is 23.8 Å². The van der Waals surface area contributed by atoms with Crippen LogP contribution in [0.4, 0.5) is 5.69 Å². The van der Waals surface area contributed by atoms with Crippen molar-refractivity contribution in [3.63, 3.8) is 0 Å². The van der Waals surface area contributed by atoms with Gasteiger partial charge >= 0.3 is 0 Å². The van der Waals surface area contributed by atoms with E-state index in [-0.39, 0.29) is 0 Å². The predicted molar refractivity (Wildman–Crippen MR) is 64.4 cm³/mol. The van der Waals surface area contributed by atoms with Gasteiger partial charge in [0.15, 0.2) is 0 Å². The number of hydrogen-bond donors (Lipinski definition) is 1. The van der Waals surface area contributed by atoms with Crippen LogP contribution in [0.25, 0.3) is 0 Å². The Balaban J connectivity index is 3.00. The quantitative estimate of drug-likeness (QED) is 0.804. The van der Waals surface area contributed by atoms with Crippen molar-refractivity contribution in [2.24, 2.45) is 5.73 Å². The van der Waals surface area contributed by atoms with Crippen LogP contribution < -0.4 is 15.4 Å². The van der Waals surface area contributed by atoms with E-state index in [1.165, 1.54) is 5.69 Å². The van der Waals surface area contributed by atoms with Crippen molar-refractivity contribution in [1.29, 1.82) is 0 Å². The van der Waals surface area contributed by atoms with Gasteiger partial charge in [-0.1, -0.05) is 13.0 Å². The van der Waals surface area contributed by atoms with Crippen LogP contribution in [0.2, 0.25) is 0 Å². The molecule has 0 aliphatic rings. The molecule has 0 saturated heterocycles. The molecule has 0 atom stereocenters. The smallest absolute Gasteiger partial charge is 0.120 e. The Morgan fingerprint density at radius 2 is 2.13 bits per heavy atom. The molecule has 0 heterocycles. The van der Waals surface area contributed by atoms with Crippen molar-refractivity contribution >= 4 is 5.69 Å². The molecule has 1 aromatic rings.